The molecule has 0 amide bonds. The van der Waals surface area contributed by atoms with Crippen molar-refractivity contribution < 1.29 is 0 Å². The van der Waals surface area contributed by atoms with Gasteiger partial charge in [0, 0.05) is 5.69 Å². The normalized spacial score (nSPS) is 21.4. The fraction of sp³-hybridized carbons (Fsp3) is 0.294. The lowest BCUT2D eigenvalue weighted by Gasteiger charge is -2.31. The summed E-state index contributed by atoms with van der Waals surface area (Å²) in [4.78, 5) is 0. The second kappa shape index (κ2) is 5.67. The number of nitrogens with one attached hydrogen (secondary N) is 1. The molecule has 0 spiro atoms. The molecule has 2 aromatic rings. The third kappa shape index (κ3) is 2.65. The molecule has 0 saturated carbocycles. The summed E-state index contributed by atoms with van der Waals surface area (Å²) in [5.74, 6) is 0.637. The molecule has 1 nitrogen and oxygen atoms in total. The lowest BCUT2D eigenvalue weighted by Crippen LogP contribution is -2.19. The van der Waals surface area contributed by atoms with Gasteiger partial charge in [-0.1, -0.05) is 54.4 Å². The van der Waals surface area contributed by atoms with Gasteiger partial charge in [-0.05, 0) is 48.1 Å². The van der Waals surface area contributed by atoms with E-state index in [1.165, 1.54) is 17.5 Å². The first-order chi connectivity index (χ1) is 9.65. The molecule has 1 aliphatic rings. The van der Waals surface area contributed by atoms with Gasteiger partial charge in [0.2, 0.25) is 0 Å². The molecule has 104 valence electrons. The van der Waals surface area contributed by atoms with Crippen LogP contribution in [-0.2, 0) is 0 Å². The van der Waals surface area contributed by atoms with E-state index >= 15 is 0 Å². The maximum atomic E-state index is 6.08. The average molecular weight is 306 g/mol. The van der Waals surface area contributed by atoms with E-state index < -0.39 is 0 Å². The number of hydrogen-bond donors (Lipinski definition) is 1. The molecule has 0 heterocycles. The highest BCUT2D eigenvalue weighted by molar-refractivity contribution is 6.42. The molecule has 2 atom stereocenters. The van der Waals surface area contributed by atoms with Crippen molar-refractivity contribution in [3.63, 3.8) is 0 Å². The number of anilines is 1. The van der Waals surface area contributed by atoms with Gasteiger partial charge in [-0.3, -0.25) is 0 Å². The molecule has 3 heteroatoms. The monoisotopic (exact) mass is 305 g/mol. The Morgan fingerprint density at radius 2 is 1.70 bits per heavy atom. The SMILES string of the molecule is CC1CCC(Nc2ccc(Cl)c(Cl)c2)c2ccccc21. The van der Waals surface area contributed by atoms with Gasteiger partial charge >= 0.3 is 0 Å². The highest BCUT2D eigenvalue weighted by Crippen LogP contribution is 2.39. The Morgan fingerprint density at radius 3 is 2.45 bits per heavy atom. The fourth-order valence-corrected chi connectivity index (χ4v) is 3.24. The minimum absolute atomic E-state index is 0.347. The van der Waals surface area contributed by atoms with Crippen LogP contribution in [0.25, 0.3) is 0 Å². The summed E-state index contributed by atoms with van der Waals surface area (Å²) in [5, 5.41) is 4.77. The molecule has 0 radical (unpaired) electrons. The van der Waals surface area contributed by atoms with Gasteiger partial charge in [-0.15, -0.1) is 0 Å². The Balaban J connectivity index is 1.88. The van der Waals surface area contributed by atoms with Crippen LogP contribution in [0.4, 0.5) is 5.69 Å². The zero-order valence-corrected chi connectivity index (χ0v) is 12.9. The minimum Gasteiger partial charge on any atom is -0.378 e. The van der Waals surface area contributed by atoms with Crippen LogP contribution in [0.5, 0.6) is 0 Å². The van der Waals surface area contributed by atoms with Crippen molar-refractivity contribution in [2.75, 3.05) is 5.32 Å². The van der Waals surface area contributed by atoms with Gasteiger partial charge in [0.05, 0.1) is 16.1 Å². The van der Waals surface area contributed by atoms with E-state index in [0.717, 1.165) is 12.1 Å². The number of hydrogen-bond acceptors (Lipinski definition) is 1. The van der Waals surface area contributed by atoms with Crippen LogP contribution in [0.15, 0.2) is 42.5 Å². The van der Waals surface area contributed by atoms with Crippen LogP contribution in [0.3, 0.4) is 0 Å². The van der Waals surface area contributed by atoms with Gasteiger partial charge in [0.1, 0.15) is 0 Å². The Kier molecular flexibility index (Phi) is 3.91. The van der Waals surface area contributed by atoms with Crippen molar-refractivity contribution in [3.05, 3.63) is 63.6 Å². The summed E-state index contributed by atoms with van der Waals surface area (Å²) in [7, 11) is 0. The van der Waals surface area contributed by atoms with E-state index in [9.17, 15) is 0 Å². The van der Waals surface area contributed by atoms with Crippen molar-refractivity contribution in [2.45, 2.75) is 31.7 Å². The highest BCUT2D eigenvalue weighted by Gasteiger charge is 2.24. The Hall–Kier alpha value is -1.18. The summed E-state index contributed by atoms with van der Waals surface area (Å²) in [6.07, 6.45) is 2.34. The van der Waals surface area contributed by atoms with Crippen molar-refractivity contribution >= 4 is 28.9 Å². The topological polar surface area (TPSA) is 12.0 Å². The molecule has 1 aliphatic carbocycles. The summed E-state index contributed by atoms with van der Waals surface area (Å²) in [6, 6.07) is 14.8. The standard InChI is InChI=1S/C17H17Cl2N/c1-11-6-9-17(14-5-3-2-4-13(11)14)20-12-7-8-15(18)16(19)10-12/h2-5,7-8,10-11,17,20H,6,9H2,1H3. The maximum absolute atomic E-state index is 6.08. The summed E-state index contributed by atoms with van der Waals surface area (Å²) in [5.41, 5.74) is 3.88. The van der Waals surface area contributed by atoms with Crippen molar-refractivity contribution in [1.82, 2.24) is 0 Å². The molecule has 0 aliphatic heterocycles. The van der Waals surface area contributed by atoms with Crippen LogP contribution < -0.4 is 5.32 Å². The Bertz CT molecular complexity index is 624. The second-order valence-corrected chi connectivity index (χ2v) is 6.25. The quantitative estimate of drug-likeness (QED) is 0.712. The molecule has 0 fully saturated rings. The number of benzene rings is 2. The number of rotatable bonds is 2. The zero-order valence-electron chi connectivity index (χ0n) is 11.4. The van der Waals surface area contributed by atoms with E-state index in [-0.39, 0.29) is 0 Å². The van der Waals surface area contributed by atoms with Crippen molar-refractivity contribution in [3.8, 4) is 0 Å². The average Bonchev–Trinajstić information content (AvgIpc) is 2.46. The number of fused-ring (bicyclic) bond motifs is 1. The van der Waals surface area contributed by atoms with Gasteiger partial charge in [-0.2, -0.15) is 0 Å². The smallest absolute Gasteiger partial charge is 0.0612 e. The van der Waals surface area contributed by atoms with Gasteiger partial charge in [0.15, 0.2) is 0 Å². The first kappa shape index (κ1) is 13.8. The van der Waals surface area contributed by atoms with Crippen molar-refractivity contribution in [1.29, 1.82) is 0 Å². The summed E-state index contributed by atoms with van der Waals surface area (Å²) >= 11 is 12.0. The minimum atomic E-state index is 0.347. The van der Waals surface area contributed by atoms with E-state index in [4.69, 9.17) is 23.2 Å². The lowest BCUT2D eigenvalue weighted by atomic mass is 9.81. The summed E-state index contributed by atoms with van der Waals surface area (Å²) < 4.78 is 0. The van der Waals surface area contributed by atoms with Gasteiger partial charge in [-0.25, -0.2) is 0 Å². The zero-order chi connectivity index (χ0) is 14.1. The molecule has 0 bridgehead atoms. The largest absolute Gasteiger partial charge is 0.378 e. The lowest BCUT2D eigenvalue weighted by molar-refractivity contribution is 0.534. The van der Waals surface area contributed by atoms with Crippen LogP contribution >= 0.6 is 23.2 Å². The van der Waals surface area contributed by atoms with Crippen LogP contribution in [0.2, 0.25) is 10.0 Å². The van der Waals surface area contributed by atoms with E-state index in [2.05, 4.69) is 36.5 Å². The van der Waals surface area contributed by atoms with Crippen LogP contribution in [0, 0.1) is 0 Å². The molecule has 20 heavy (non-hydrogen) atoms. The molecule has 0 aromatic heterocycles. The van der Waals surface area contributed by atoms with Crippen molar-refractivity contribution in [2.24, 2.45) is 0 Å². The molecule has 0 saturated heterocycles. The number of halogens is 2. The third-order valence-electron chi connectivity index (χ3n) is 4.05. The predicted octanol–water partition coefficient (Wildman–Crippen LogP) is 6.04. The maximum Gasteiger partial charge on any atom is 0.0612 e. The Labute approximate surface area is 129 Å². The third-order valence-corrected chi connectivity index (χ3v) is 4.79. The first-order valence-electron chi connectivity index (χ1n) is 6.95. The molecule has 1 N–H and O–H groups in total. The van der Waals surface area contributed by atoms with E-state index in [1.54, 1.807) is 0 Å². The predicted molar refractivity (Wildman–Crippen MR) is 86.9 cm³/mol. The van der Waals surface area contributed by atoms with Crippen LogP contribution in [0.1, 0.15) is 42.9 Å². The highest BCUT2D eigenvalue weighted by atomic mass is 35.5. The molecule has 2 aromatic carbocycles. The molecule has 2 unspecified atom stereocenters. The molecular formula is C17H17Cl2N. The molecule has 3 rings (SSSR count). The Morgan fingerprint density at radius 1 is 0.950 bits per heavy atom. The van der Waals surface area contributed by atoms with Crippen LogP contribution in [-0.4, -0.2) is 0 Å². The van der Waals surface area contributed by atoms with Gasteiger partial charge in [0.25, 0.3) is 0 Å². The van der Waals surface area contributed by atoms with Gasteiger partial charge < -0.3 is 5.32 Å². The molecular weight excluding hydrogens is 289 g/mol. The first-order valence-corrected chi connectivity index (χ1v) is 7.71. The second-order valence-electron chi connectivity index (χ2n) is 5.43. The fourth-order valence-electron chi connectivity index (χ4n) is 2.94. The summed E-state index contributed by atoms with van der Waals surface area (Å²) in [6.45, 7) is 2.30. The van der Waals surface area contributed by atoms with E-state index in [1.807, 2.05) is 18.2 Å². The van der Waals surface area contributed by atoms with E-state index in [0.29, 0.717) is 22.0 Å².